The molecule has 0 aromatic heterocycles. The van der Waals surface area contributed by atoms with E-state index in [0.29, 0.717) is 9.50 Å². The first kappa shape index (κ1) is 20.0. The van der Waals surface area contributed by atoms with Crippen molar-refractivity contribution in [3.05, 3.63) is 33.3 Å². The molecule has 1 heterocycles. The molecule has 0 saturated carbocycles. The quantitative estimate of drug-likeness (QED) is 0.750. The summed E-state index contributed by atoms with van der Waals surface area (Å²) in [5, 5.41) is 3.78. The third-order valence-electron chi connectivity index (χ3n) is 3.62. The van der Waals surface area contributed by atoms with Crippen molar-refractivity contribution in [1.82, 2.24) is 10.2 Å². The number of hydrogen-bond donors (Lipinski definition) is 1. The second-order valence-electron chi connectivity index (χ2n) is 5.13. The summed E-state index contributed by atoms with van der Waals surface area (Å²) in [7, 11) is 0. The van der Waals surface area contributed by atoms with Gasteiger partial charge in [0.2, 0.25) is 0 Å². The van der Waals surface area contributed by atoms with Gasteiger partial charge < -0.3 is 5.32 Å². The zero-order valence-corrected chi connectivity index (χ0v) is 15.0. The minimum Gasteiger partial charge on any atom is -0.314 e. The molecular weight excluding hydrogens is 404 g/mol. The number of piperazine rings is 1. The van der Waals surface area contributed by atoms with Crippen LogP contribution in [0.1, 0.15) is 24.4 Å². The molecule has 1 aromatic carbocycles. The molecule has 1 saturated heterocycles. The lowest BCUT2D eigenvalue weighted by molar-refractivity contribution is -0.138. The molecule has 1 aliphatic heterocycles. The molecule has 0 unspecified atom stereocenters. The Bertz CT molecular complexity index is 480. The van der Waals surface area contributed by atoms with Crippen molar-refractivity contribution in [1.29, 1.82) is 0 Å². The van der Waals surface area contributed by atoms with Gasteiger partial charge in [0.15, 0.2) is 0 Å². The number of rotatable bonds is 4. The molecule has 2 rings (SSSR count). The van der Waals surface area contributed by atoms with Crippen molar-refractivity contribution in [3.63, 3.8) is 0 Å². The summed E-state index contributed by atoms with van der Waals surface area (Å²) in [6.07, 6.45) is -4.84. The molecule has 0 amide bonds. The van der Waals surface area contributed by atoms with Crippen molar-refractivity contribution >= 4 is 39.9 Å². The average Bonchev–Trinajstić information content (AvgIpc) is 2.43. The lowest BCUT2D eigenvalue weighted by Crippen LogP contribution is -2.45. The number of benzene rings is 1. The third-order valence-corrected chi connectivity index (χ3v) is 4.84. The monoisotopic (exact) mass is 420 g/mol. The Morgan fingerprint density at radius 3 is 2.45 bits per heavy atom. The number of hydrogen-bond acceptors (Lipinski definition) is 2. The molecule has 8 heteroatoms. The van der Waals surface area contributed by atoms with Crippen molar-refractivity contribution in [3.8, 4) is 0 Å². The van der Waals surface area contributed by atoms with E-state index in [2.05, 4.69) is 26.1 Å². The summed E-state index contributed by atoms with van der Waals surface area (Å²) in [6.45, 7) is 3.11. The minimum atomic E-state index is -4.13. The Hall–Kier alpha value is -0.0100. The SMILES string of the molecule is Cl.FC(F)(F)CC[C@H](c1ccc(Cl)c(Br)c1)N1CCNCC1. The topological polar surface area (TPSA) is 15.3 Å². The fourth-order valence-electron chi connectivity index (χ4n) is 2.57. The van der Waals surface area contributed by atoms with E-state index < -0.39 is 12.6 Å². The summed E-state index contributed by atoms with van der Waals surface area (Å²) in [4.78, 5) is 2.11. The summed E-state index contributed by atoms with van der Waals surface area (Å²) in [5.74, 6) is 0. The molecule has 0 spiro atoms. The second-order valence-corrected chi connectivity index (χ2v) is 6.39. The van der Waals surface area contributed by atoms with E-state index in [-0.39, 0.29) is 24.9 Å². The molecule has 2 nitrogen and oxygen atoms in total. The van der Waals surface area contributed by atoms with E-state index in [1.54, 1.807) is 6.07 Å². The van der Waals surface area contributed by atoms with E-state index in [9.17, 15) is 13.2 Å². The van der Waals surface area contributed by atoms with Gasteiger partial charge in [0.25, 0.3) is 0 Å². The van der Waals surface area contributed by atoms with Gasteiger partial charge in [-0.25, -0.2) is 0 Å². The molecule has 1 aliphatic rings. The molecule has 1 N–H and O–H groups in total. The lowest BCUT2D eigenvalue weighted by atomic mass is 9.99. The lowest BCUT2D eigenvalue weighted by Gasteiger charge is -2.35. The van der Waals surface area contributed by atoms with Gasteiger partial charge in [-0.2, -0.15) is 13.2 Å². The van der Waals surface area contributed by atoms with Gasteiger partial charge in [0.1, 0.15) is 0 Å². The first-order valence-corrected chi connectivity index (χ1v) is 8.00. The van der Waals surface area contributed by atoms with Crippen LogP contribution in [0.25, 0.3) is 0 Å². The standard InChI is InChI=1S/C14H17BrClF3N2.ClH/c15-11-9-10(1-2-12(11)16)13(3-4-14(17,18)19)21-7-5-20-6-8-21;/h1-2,9,13,20H,3-8H2;1H/t13-;/m1./s1. The highest BCUT2D eigenvalue weighted by atomic mass is 79.9. The van der Waals surface area contributed by atoms with Gasteiger partial charge in [-0.3, -0.25) is 4.90 Å². The molecule has 22 heavy (non-hydrogen) atoms. The molecule has 0 bridgehead atoms. The van der Waals surface area contributed by atoms with Crippen molar-refractivity contribution < 1.29 is 13.2 Å². The third kappa shape index (κ3) is 5.89. The first-order valence-electron chi connectivity index (χ1n) is 6.83. The van der Waals surface area contributed by atoms with Crippen LogP contribution in [-0.2, 0) is 0 Å². The van der Waals surface area contributed by atoms with Crippen LogP contribution in [0.3, 0.4) is 0 Å². The Balaban J connectivity index is 0.00000242. The Morgan fingerprint density at radius 1 is 1.27 bits per heavy atom. The predicted molar refractivity (Wildman–Crippen MR) is 88.9 cm³/mol. The molecule has 126 valence electrons. The smallest absolute Gasteiger partial charge is 0.314 e. The van der Waals surface area contributed by atoms with E-state index in [1.165, 1.54) is 0 Å². The summed E-state index contributed by atoms with van der Waals surface area (Å²) in [6, 6.07) is 5.13. The summed E-state index contributed by atoms with van der Waals surface area (Å²) in [5.41, 5.74) is 0.873. The Kier molecular flexibility index (Phi) is 7.95. The molecule has 1 fully saturated rings. The largest absolute Gasteiger partial charge is 0.389 e. The summed E-state index contributed by atoms with van der Waals surface area (Å²) < 4.78 is 38.5. The number of nitrogens with one attached hydrogen (secondary N) is 1. The highest BCUT2D eigenvalue weighted by molar-refractivity contribution is 9.10. The van der Waals surface area contributed by atoms with Gasteiger partial charge in [-0.1, -0.05) is 17.7 Å². The average molecular weight is 422 g/mol. The van der Waals surface area contributed by atoms with Crippen molar-refractivity contribution in [2.75, 3.05) is 26.2 Å². The van der Waals surface area contributed by atoms with E-state index in [4.69, 9.17) is 11.6 Å². The zero-order valence-electron chi connectivity index (χ0n) is 11.8. The second kappa shape index (κ2) is 8.73. The molecule has 1 aromatic rings. The zero-order chi connectivity index (χ0) is 15.5. The fourth-order valence-corrected chi connectivity index (χ4v) is 3.09. The van der Waals surface area contributed by atoms with Gasteiger partial charge in [-0.05, 0) is 40.0 Å². The van der Waals surface area contributed by atoms with Gasteiger partial charge >= 0.3 is 6.18 Å². The van der Waals surface area contributed by atoms with Gasteiger partial charge in [0, 0.05) is 43.1 Å². The van der Waals surface area contributed by atoms with Crippen LogP contribution < -0.4 is 5.32 Å². The number of alkyl halides is 3. The molecular formula is C14H18BrCl2F3N2. The highest BCUT2D eigenvalue weighted by Gasteiger charge is 2.31. The van der Waals surface area contributed by atoms with Crippen molar-refractivity contribution in [2.24, 2.45) is 0 Å². The number of nitrogens with zero attached hydrogens (tertiary/aromatic N) is 1. The first-order chi connectivity index (χ1) is 9.87. The van der Waals surface area contributed by atoms with Crippen LogP contribution in [0.15, 0.2) is 22.7 Å². The summed E-state index contributed by atoms with van der Waals surface area (Å²) >= 11 is 9.31. The number of halogens is 6. The van der Waals surface area contributed by atoms with Gasteiger partial charge in [0.05, 0.1) is 5.02 Å². The minimum absolute atomic E-state index is 0. The maximum absolute atomic E-state index is 12.6. The van der Waals surface area contributed by atoms with Crippen molar-refractivity contribution in [2.45, 2.75) is 25.1 Å². The highest BCUT2D eigenvalue weighted by Crippen LogP contribution is 2.34. The van der Waals surface area contributed by atoms with E-state index in [1.807, 2.05) is 12.1 Å². The van der Waals surface area contributed by atoms with Crippen LogP contribution in [0.4, 0.5) is 13.2 Å². The van der Waals surface area contributed by atoms with Crippen LogP contribution in [0.5, 0.6) is 0 Å². The van der Waals surface area contributed by atoms with Gasteiger partial charge in [-0.15, -0.1) is 12.4 Å². The van der Waals surface area contributed by atoms with E-state index >= 15 is 0 Å². The Labute approximate surface area is 147 Å². The fraction of sp³-hybridized carbons (Fsp3) is 0.571. The normalized spacial score (nSPS) is 17.9. The Morgan fingerprint density at radius 2 is 1.91 bits per heavy atom. The van der Waals surface area contributed by atoms with E-state index in [0.717, 1.165) is 31.7 Å². The van der Waals surface area contributed by atoms with Crippen LogP contribution in [-0.4, -0.2) is 37.3 Å². The van der Waals surface area contributed by atoms with Crippen LogP contribution >= 0.6 is 39.9 Å². The molecule has 0 aliphatic carbocycles. The predicted octanol–water partition coefficient (Wildman–Crippen LogP) is 4.81. The maximum Gasteiger partial charge on any atom is 0.389 e. The van der Waals surface area contributed by atoms with Crippen LogP contribution in [0.2, 0.25) is 5.02 Å². The van der Waals surface area contributed by atoms with Crippen LogP contribution in [0, 0.1) is 0 Å². The molecule has 1 atom stereocenters. The maximum atomic E-state index is 12.6. The molecule has 0 radical (unpaired) electrons.